The van der Waals surface area contributed by atoms with Crippen LogP contribution < -0.4 is 10.6 Å². The van der Waals surface area contributed by atoms with E-state index in [4.69, 9.17) is 4.74 Å². The van der Waals surface area contributed by atoms with E-state index < -0.39 is 0 Å². The predicted octanol–water partition coefficient (Wildman–Crippen LogP) is 0.651. The molecule has 6 heteroatoms. The summed E-state index contributed by atoms with van der Waals surface area (Å²) in [5, 5.41) is 5.85. The van der Waals surface area contributed by atoms with Crippen molar-refractivity contribution < 1.29 is 14.3 Å². The van der Waals surface area contributed by atoms with Crippen molar-refractivity contribution in [2.24, 2.45) is 5.92 Å². The molecule has 0 aliphatic carbocycles. The number of ether oxygens (including phenoxy) is 1. The third-order valence-corrected chi connectivity index (χ3v) is 4.09. The molecule has 2 fully saturated rings. The molecule has 6 nitrogen and oxygen atoms in total. The molecule has 1 aromatic carbocycles. The Bertz CT molecular complexity index is 558. The molecule has 0 unspecified atom stereocenters. The number of rotatable bonds is 2. The number of urea groups is 1. The first kappa shape index (κ1) is 14.8. The number of carbonyl (C=O) groups is 2. The van der Waals surface area contributed by atoms with Crippen molar-refractivity contribution in [1.29, 1.82) is 0 Å². The minimum Gasteiger partial charge on any atom is -0.378 e. The Labute approximate surface area is 129 Å². The molecular formula is C16H21N3O3. The maximum absolute atomic E-state index is 12.4. The van der Waals surface area contributed by atoms with Gasteiger partial charge >= 0.3 is 6.03 Å². The Hall–Kier alpha value is -2.08. The van der Waals surface area contributed by atoms with E-state index in [0.29, 0.717) is 32.8 Å². The maximum atomic E-state index is 12.4. The molecule has 2 N–H and O–H groups in total. The molecule has 2 aliphatic heterocycles. The van der Waals surface area contributed by atoms with Crippen molar-refractivity contribution in [2.45, 2.75) is 19.5 Å². The van der Waals surface area contributed by atoms with Gasteiger partial charge in [-0.1, -0.05) is 29.8 Å². The van der Waals surface area contributed by atoms with Crippen molar-refractivity contribution in [3.8, 4) is 0 Å². The Kier molecular flexibility index (Phi) is 4.29. The quantitative estimate of drug-likeness (QED) is 0.843. The second-order valence-corrected chi connectivity index (χ2v) is 5.99. The summed E-state index contributed by atoms with van der Waals surface area (Å²) in [7, 11) is 0. The minimum atomic E-state index is -0.280. The summed E-state index contributed by atoms with van der Waals surface area (Å²) in [5.41, 5.74) is 2.26. The highest BCUT2D eigenvalue weighted by molar-refractivity contribution is 5.82. The van der Waals surface area contributed by atoms with Crippen LogP contribution in [0.25, 0.3) is 0 Å². The number of nitrogens with zero attached hydrogens (tertiary/aromatic N) is 1. The van der Waals surface area contributed by atoms with Gasteiger partial charge in [0.15, 0.2) is 0 Å². The Morgan fingerprint density at radius 3 is 2.86 bits per heavy atom. The second-order valence-electron chi connectivity index (χ2n) is 5.99. The monoisotopic (exact) mass is 303 g/mol. The van der Waals surface area contributed by atoms with E-state index in [9.17, 15) is 9.59 Å². The number of amides is 3. The Balaban J connectivity index is 1.60. The first-order valence-electron chi connectivity index (χ1n) is 7.58. The van der Waals surface area contributed by atoms with Gasteiger partial charge in [0.25, 0.3) is 0 Å². The van der Waals surface area contributed by atoms with Gasteiger partial charge in [0.05, 0.1) is 25.2 Å². The lowest BCUT2D eigenvalue weighted by Crippen LogP contribution is -2.48. The fourth-order valence-corrected chi connectivity index (χ4v) is 2.79. The number of benzene rings is 1. The topological polar surface area (TPSA) is 70.7 Å². The van der Waals surface area contributed by atoms with Crippen molar-refractivity contribution in [3.05, 3.63) is 35.4 Å². The van der Waals surface area contributed by atoms with Gasteiger partial charge in [-0.3, -0.25) is 4.79 Å². The van der Waals surface area contributed by atoms with E-state index in [0.717, 1.165) is 5.56 Å². The highest BCUT2D eigenvalue weighted by Crippen LogP contribution is 2.14. The SMILES string of the molecule is Cc1ccc(CNC(=O)N2C[C@H]3COC[C@@H](C2)C(=O)N3)cc1. The molecule has 3 rings (SSSR count). The average Bonchev–Trinajstić information content (AvgIpc) is 2.75. The fraction of sp³-hybridized carbons (Fsp3) is 0.500. The number of carbonyl (C=O) groups excluding carboxylic acids is 2. The molecule has 22 heavy (non-hydrogen) atoms. The zero-order valence-electron chi connectivity index (χ0n) is 12.7. The zero-order valence-corrected chi connectivity index (χ0v) is 12.7. The molecule has 2 atom stereocenters. The van der Waals surface area contributed by atoms with Gasteiger partial charge in [-0.2, -0.15) is 0 Å². The molecule has 2 saturated heterocycles. The van der Waals surface area contributed by atoms with Gasteiger partial charge in [-0.25, -0.2) is 4.79 Å². The van der Waals surface area contributed by atoms with Crippen LogP contribution in [0.4, 0.5) is 4.79 Å². The van der Waals surface area contributed by atoms with Gasteiger partial charge in [-0.05, 0) is 12.5 Å². The summed E-state index contributed by atoms with van der Waals surface area (Å²) < 4.78 is 5.46. The van der Waals surface area contributed by atoms with Crippen LogP contribution in [0.5, 0.6) is 0 Å². The first-order valence-corrected chi connectivity index (χ1v) is 7.58. The van der Waals surface area contributed by atoms with Crippen LogP contribution in [0.1, 0.15) is 11.1 Å². The van der Waals surface area contributed by atoms with Crippen LogP contribution >= 0.6 is 0 Å². The normalized spacial score (nSPS) is 24.4. The van der Waals surface area contributed by atoms with E-state index in [1.54, 1.807) is 4.90 Å². The molecule has 2 heterocycles. The smallest absolute Gasteiger partial charge is 0.317 e. The Morgan fingerprint density at radius 2 is 2.09 bits per heavy atom. The van der Waals surface area contributed by atoms with Gasteiger partial charge in [-0.15, -0.1) is 0 Å². The zero-order chi connectivity index (χ0) is 15.5. The summed E-state index contributed by atoms with van der Waals surface area (Å²) >= 11 is 0. The number of hydrogen-bond donors (Lipinski definition) is 2. The third kappa shape index (κ3) is 3.39. The molecule has 0 saturated carbocycles. The number of hydrogen-bond acceptors (Lipinski definition) is 3. The molecule has 2 aliphatic rings. The number of fused-ring (bicyclic) bond motifs is 3. The molecule has 0 spiro atoms. The van der Waals surface area contributed by atoms with Gasteiger partial charge < -0.3 is 20.3 Å². The highest BCUT2D eigenvalue weighted by Gasteiger charge is 2.34. The van der Waals surface area contributed by atoms with E-state index >= 15 is 0 Å². The lowest BCUT2D eigenvalue weighted by atomic mass is 10.1. The van der Waals surface area contributed by atoms with Crippen LogP contribution in [0.3, 0.4) is 0 Å². The number of nitrogens with one attached hydrogen (secondary N) is 2. The molecular weight excluding hydrogens is 282 g/mol. The summed E-state index contributed by atoms with van der Waals surface area (Å²) in [6.07, 6.45) is 0. The molecule has 3 amide bonds. The van der Waals surface area contributed by atoms with Crippen LogP contribution in [0.2, 0.25) is 0 Å². The van der Waals surface area contributed by atoms with Gasteiger partial charge in [0.2, 0.25) is 5.91 Å². The maximum Gasteiger partial charge on any atom is 0.317 e. The lowest BCUT2D eigenvalue weighted by Gasteiger charge is -2.27. The van der Waals surface area contributed by atoms with Crippen LogP contribution in [-0.2, 0) is 16.1 Å². The fourth-order valence-electron chi connectivity index (χ4n) is 2.79. The second kappa shape index (κ2) is 6.36. The summed E-state index contributed by atoms with van der Waals surface area (Å²) in [5.74, 6) is -0.297. The van der Waals surface area contributed by atoms with E-state index in [2.05, 4.69) is 10.6 Å². The van der Waals surface area contributed by atoms with Crippen LogP contribution in [0.15, 0.2) is 24.3 Å². The van der Waals surface area contributed by atoms with Crippen molar-refractivity contribution >= 4 is 11.9 Å². The largest absolute Gasteiger partial charge is 0.378 e. The molecule has 2 bridgehead atoms. The van der Waals surface area contributed by atoms with Crippen LogP contribution in [-0.4, -0.2) is 49.2 Å². The Morgan fingerprint density at radius 1 is 1.32 bits per heavy atom. The summed E-state index contributed by atoms with van der Waals surface area (Å²) in [4.78, 5) is 26.0. The van der Waals surface area contributed by atoms with Crippen LogP contribution in [0, 0.1) is 12.8 Å². The van der Waals surface area contributed by atoms with Crippen molar-refractivity contribution in [3.63, 3.8) is 0 Å². The standard InChI is InChI=1S/C16H21N3O3/c1-11-2-4-12(5-3-11)6-17-16(21)19-7-13-9-22-10-14(8-19)18-15(13)20/h2-5,13-14H,6-10H2,1H3,(H,17,21)(H,18,20)/t13-,14+/m1/s1. The van der Waals surface area contributed by atoms with Gasteiger partial charge in [0, 0.05) is 19.6 Å². The molecule has 0 radical (unpaired) electrons. The van der Waals surface area contributed by atoms with Gasteiger partial charge in [0.1, 0.15) is 0 Å². The summed E-state index contributed by atoms with van der Waals surface area (Å²) in [6.45, 7) is 4.26. The lowest BCUT2D eigenvalue weighted by molar-refractivity contribution is -0.125. The predicted molar refractivity (Wildman–Crippen MR) is 81.2 cm³/mol. The van der Waals surface area contributed by atoms with E-state index in [-0.39, 0.29) is 23.9 Å². The third-order valence-electron chi connectivity index (χ3n) is 4.09. The highest BCUT2D eigenvalue weighted by atomic mass is 16.5. The number of aryl methyl sites for hydroxylation is 1. The van der Waals surface area contributed by atoms with E-state index in [1.807, 2.05) is 31.2 Å². The van der Waals surface area contributed by atoms with Crippen molar-refractivity contribution in [2.75, 3.05) is 26.3 Å². The molecule has 118 valence electrons. The minimum absolute atomic E-state index is 0.0173. The average molecular weight is 303 g/mol. The summed E-state index contributed by atoms with van der Waals surface area (Å²) in [6, 6.07) is 7.81. The van der Waals surface area contributed by atoms with Crippen molar-refractivity contribution in [1.82, 2.24) is 15.5 Å². The van der Waals surface area contributed by atoms with E-state index in [1.165, 1.54) is 5.56 Å². The molecule has 0 aromatic heterocycles. The first-order chi connectivity index (χ1) is 10.6. The molecule has 1 aromatic rings.